The summed E-state index contributed by atoms with van der Waals surface area (Å²) in [6, 6.07) is 8.78. The Morgan fingerprint density at radius 2 is 2.00 bits per heavy atom. The Balaban J connectivity index is 2.43. The molecule has 27 heavy (non-hydrogen) atoms. The minimum atomic E-state index is -0.448. The van der Waals surface area contributed by atoms with Crippen LogP contribution in [0.5, 0.6) is 0 Å². The van der Waals surface area contributed by atoms with Crippen molar-refractivity contribution in [2.75, 3.05) is 6.61 Å². The summed E-state index contributed by atoms with van der Waals surface area (Å²) in [7, 11) is 0. The van der Waals surface area contributed by atoms with Crippen molar-refractivity contribution in [2.24, 2.45) is 0 Å². The number of ether oxygens (including phenoxy) is 1. The van der Waals surface area contributed by atoms with E-state index in [-0.39, 0.29) is 17.9 Å². The van der Waals surface area contributed by atoms with Crippen molar-refractivity contribution in [1.82, 2.24) is 9.55 Å². The summed E-state index contributed by atoms with van der Waals surface area (Å²) in [5, 5.41) is 0.799. The zero-order chi connectivity index (χ0) is 19.7. The Bertz CT molecular complexity index is 1110. The van der Waals surface area contributed by atoms with E-state index in [4.69, 9.17) is 16.3 Å². The van der Waals surface area contributed by atoms with Gasteiger partial charge < -0.3 is 4.74 Å². The lowest BCUT2D eigenvalue weighted by Gasteiger charge is -2.16. The number of hydrogen-bond acceptors (Lipinski definition) is 5. The first-order valence-corrected chi connectivity index (χ1v) is 9.50. The second kappa shape index (κ2) is 7.74. The van der Waals surface area contributed by atoms with Gasteiger partial charge in [0, 0.05) is 5.75 Å². The molecule has 1 aromatic heterocycles. The van der Waals surface area contributed by atoms with Gasteiger partial charge in [-0.05, 0) is 50.1 Å². The normalized spacial score (nSPS) is 11.0. The zero-order valence-corrected chi connectivity index (χ0v) is 16.9. The third kappa shape index (κ3) is 3.35. The molecule has 0 N–H and O–H groups in total. The average Bonchev–Trinajstić information content (AvgIpc) is 2.62. The summed E-state index contributed by atoms with van der Waals surface area (Å²) >= 11 is 10.6. The first-order valence-electron chi connectivity index (χ1n) is 8.49. The third-order valence-electron chi connectivity index (χ3n) is 4.39. The molecule has 0 fully saturated rings. The lowest BCUT2D eigenvalue weighted by molar-refractivity contribution is 0.0525. The van der Waals surface area contributed by atoms with Crippen molar-refractivity contribution >= 4 is 41.1 Å². The number of carbonyl (C=O) groups is 1. The van der Waals surface area contributed by atoms with E-state index in [1.807, 2.05) is 0 Å². The van der Waals surface area contributed by atoms with Crippen LogP contribution in [0.2, 0.25) is 5.02 Å². The molecule has 7 heteroatoms. The van der Waals surface area contributed by atoms with E-state index in [9.17, 15) is 9.59 Å². The summed E-state index contributed by atoms with van der Waals surface area (Å²) in [6.07, 6.45) is 0. The Labute approximate surface area is 167 Å². The van der Waals surface area contributed by atoms with Crippen LogP contribution in [0, 0.1) is 13.8 Å². The molecule has 0 bridgehead atoms. The number of nitrogens with zero attached hydrogens (tertiary/aromatic N) is 2. The Kier molecular flexibility index (Phi) is 5.58. The fourth-order valence-electron chi connectivity index (χ4n) is 3.24. The van der Waals surface area contributed by atoms with Gasteiger partial charge in [-0.2, -0.15) is 12.6 Å². The predicted octanol–water partition coefficient (Wildman–Crippen LogP) is 4.26. The Morgan fingerprint density at radius 1 is 1.30 bits per heavy atom. The molecule has 0 aliphatic carbocycles. The largest absolute Gasteiger partial charge is 0.462 e. The molecule has 3 rings (SSSR count). The molecule has 5 nitrogen and oxygen atoms in total. The van der Waals surface area contributed by atoms with Crippen molar-refractivity contribution in [3.8, 4) is 5.69 Å². The molecule has 0 atom stereocenters. The van der Waals surface area contributed by atoms with E-state index in [0.717, 1.165) is 0 Å². The molecular formula is C20H19ClN2O3S. The molecule has 0 spiro atoms. The van der Waals surface area contributed by atoms with Gasteiger partial charge in [-0.25, -0.2) is 9.78 Å². The number of thiol groups is 1. The van der Waals surface area contributed by atoms with Crippen LogP contribution in [0.4, 0.5) is 0 Å². The van der Waals surface area contributed by atoms with E-state index < -0.39 is 5.97 Å². The highest BCUT2D eigenvalue weighted by molar-refractivity contribution is 7.79. The van der Waals surface area contributed by atoms with Crippen LogP contribution >= 0.6 is 24.2 Å². The maximum atomic E-state index is 13.4. The molecular weight excluding hydrogens is 384 g/mol. The first-order chi connectivity index (χ1) is 12.9. The van der Waals surface area contributed by atoms with Crippen LogP contribution in [-0.2, 0) is 10.5 Å². The number of aromatic nitrogens is 2. The number of benzene rings is 2. The summed E-state index contributed by atoms with van der Waals surface area (Å²) in [6.45, 7) is 5.55. The highest BCUT2D eigenvalue weighted by atomic mass is 35.5. The number of para-hydroxylation sites is 1. The molecule has 0 radical (unpaired) electrons. The quantitative estimate of drug-likeness (QED) is 0.523. The van der Waals surface area contributed by atoms with Gasteiger partial charge in [0.25, 0.3) is 5.56 Å². The molecule has 0 unspecified atom stereocenters. The van der Waals surface area contributed by atoms with E-state index in [1.165, 1.54) is 4.57 Å². The summed E-state index contributed by atoms with van der Waals surface area (Å²) in [5.74, 6) is 0.289. The molecule has 3 aromatic rings. The molecule has 0 saturated heterocycles. The van der Waals surface area contributed by atoms with Crippen LogP contribution in [0.3, 0.4) is 0 Å². The molecule has 0 saturated carbocycles. The van der Waals surface area contributed by atoms with Crippen molar-refractivity contribution in [3.05, 3.63) is 68.2 Å². The van der Waals surface area contributed by atoms with E-state index >= 15 is 0 Å². The van der Waals surface area contributed by atoms with Crippen LogP contribution in [-0.4, -0.2) is 22.1 Å². The third-order valence-corrected chi connectivity index (χ3v) is 5.00. The number of rotatable bonds is 4. The zero-order valence-electron chi connectivity index (χ0n) is 15.2. The highest BCUT2D eigenvalue weighted by Gasteiger charge is 2.21. The van der Waals surface area contributed by atoms with Crippen LogP contribution in [0.25, 0.3) is 16.6 Å². The second-order valence-electron chi connectivity index (χ2n) is 6.09. The Morgan fingerprint density at radius 3 is 2.63 bits per heavy atom. The van der Waals surface area contributed by atoms with Crippen molar-refractivity contribution in [1.29, 1.82) is 0 Å². The second-order valence-corrected chi connectivity index (χ2v) is 6.81. The standard InChI is InChI=1S/C20H19ClN2O3S/c1-4-26-20(25)17-11(2)9-14-18(12(17)3)19(24)23(16(10-27)22-14)15-8-6-5-7-13(15)21/h5-9,27H,4,10H2,1-3H3. The number of carbonyl (C=O) groups excluding carboxylic acids is 1. The van der Waals surface area contributed by atoms with Gasteiger partial charge in [-0.1, -0.05) is 23.7 Å². The number of hydrogen-bond donors (Lipinski definition) is 1. The maximum absolute atomic E-state index is 13.4. The minimum Gasteiger partial charge on any atom is -0.462 e. The molecule has 0 aliphatic heterocycles. The molecule has 1 heterocycles. The van der Waals surface area contributed by atoms with Gasteiger partial charge in [0.05, 0.1) is 33.8 Å². The fourth-order valence-corrected chi connectivity index (χ4v) is 3.68. The number of esters is 1. The molecule has 2 aromatic carbocycles. The fraction of sp³-hybridized carbons (Fsp3) is 0.250. The Hall–Kier alpha value is -2.31. The molecule has 0 amide bonds. The lowest BCUT2D eigenvalue weighted by atomic mass is 9.98. The van der Waals surface area contributed by atoms with Gasteiger partial charge in [0.2, 0.25) is 0 Å². The van der Waals surface area contributed by atoms with Gasteiger partial charge in [0.15, 0.2) is 0 Å². The number of halogens is 1. The predicted molar refractivity (Wildman–Crippen MR) is 110 cm³/mol. The van der Waals surface area contributed by atoms with Gasteiger partial charge >= 0.3 is 5.97 Å². The number of aryl methyl sites for hydroxylation is 2. The van der Waals surface area contributed by atoms with Gasteiger partial charge in [-0.15, -0.1) is 0 Å². The monoisotopic (exact) mass is 402 g/mol. The van der Waals surface area contributed by atoms with E-state index in [1.54, 1.807) is 51.1 Å². The maximum Gasteiger partial charge on any atom is 0.338 e. The summed E-state index contributed by atoms with van der Waals surface area (Å²) in [4.78, 5) is 30.4. The van der Waals surface area contributed by atoms with Crippen molar-refractivity contribution in [3.63, 3.8) is 0 Å². The molecule has 0 aliphatic rings. The smallest absolute Gasteiger partial charge is 0.338 e. The van der Waals surface area contributed by atoms with Crippen LogP contribution < -0.4 is 5.56 Å². The SMILES string of the molecule is CCOC(=O)c1c(C)cc2nc(CS)n(-c3ccccc3Cl)c(=O)c2c1C. The minimum absolute atomic E-state index is 0.258. The van der Waals surface area contributed by atoms with Crippen LogP contribution in [0.15, 0.2) is 35.1 Å². The van der Waals surface area contributed by atoms with Crippen molar-refractivity contribution < 1.29 is 9.53 Å². The average molecular weight is 403 g/mol. The van der Waals surface area contributed by atoms with Gasteiger partial charge in [-0.3, -0.25) is 9.36 Å². The molecule has 140 valence electrons. The van der Waals surface area contributed by atoms with Crippen LogP contribution in [0.1, 0.15) is 34.2 Å². The van der Waals surface area contributed by atoms with Crippen molar-refractivity contribution in [2.45, 2.75) is 26.5 Å². The summed E-state index contributed by atoms with van der Waals surface area (Å²) < 4.78 is 6.61. The first kappa shape index (κ1) is 19.5. The highest BCUT2D eigenvalue weighted by Crippen LogP contribution is 2.26. The summed E-state index contributed by atoms with van der Waals surface area (Å²) in [5.41, 5.74) is 2.42. The van der Waals surface area contributed by atoms with E-state index in [0.29, 0.717) is 44.1 Å². The van der Waals surface area contributed by atoms with E-state index in [2.05, 4.69) is 17.6 Å². The van der Waals surface area contributed by atoms with Gasteiger partial charge in [0.1, 0.15) is 5.82 Å². The topological polar surface area (TPSA) is 61.2 Å². The number of fused-ring (bicyclic) bond motifs is 1. The lowest BCUT2D eigenvalue weighted by Crippen LogP contribution is -2.25.